The SMILES string of the molecule is Cc1cn([C@@H]2O[C@H](CO)[C@@H](O)[C@H]2F)c(=O)[nH]c1=S. The first-order chi connectivity index (χ1) is 8.45. The molecule has 1 aliphatic rings. The summed E-state index contributed by atoms with van der Waals surface area (Å²) >= 11 is 4.88. The van der Waals surface area contributed by atoms with Crippen molar-refractivity contribution in [1.29, 1.82) is 0 Å². The lowest BCUT2D eigenvalue weighted by atomic mass is 10.1. The van der Waals surface area contributed by atoms with Crippen molar-refractivity contribution in [2.75, 3.05) is 6.61 Å². The molecule has 0 amide bonds. The molecule has 4 atom stereocenters. The van der Waals surface area contributed by atoms with Gasteiger partial charge in [0.25, 0.3) is 0 Å². The average Bonchev–Trinajstić information content (AvgIpc) is 2.61. The van der Waals surface area contributed by atoms with Crippen LogP contribution >= 0.6 is 12.2 Å². The second-order valence-electron chi connectivity index (χ2n) is 4.16. The van der Waals surface area contributed by atoms with Crippen molar-refractivity contribution in [3.63, 3.8) is 0 Å². The van der Waals surface area contributed by atoms with E-state index >= 15 is 0 Å². The Morgan fingerprint density at radius 1 is 1.67 bits per heavy atom. The number of aliphatic hydroxyl groups is 2. The van der Waals surface area contributed by atoms with Crippen LogP contribution in [0, 0.1) is 11.6 Å². The number of nitrogens with zero attached hydrogens (tertiary/aromatic N) is 1. The zero-order valence-electron chi connectivity index (χ0n) is 9.54. The van der Waals surface area contributed by atoms with Gasteiger partial charge in [0, 0.05) is 11.8 Å². The Kier molecular flexibility index (Phi) is 3.62. The van der Waals surface area contributed by atoms with Gasteiger partial charge >= 0.3 is 5.69 Å². The Morgan fingerprint density at radius 2 is 2.33 bits per heavy atom. The minimum atomic E-state index is -1.79. The number of hydrogen-bond donors (Lipinski definition) is 3. The van der Waals surface area contributed by atoms with Gasteiger partial charge in [-0.1, -0.05) is 12.2 Å². The van der Waals surface area contributed by atoms with Gasteiger partial charge in [0.15, 0.2) is 12.4 Å². The first-order valence-corrected chi connectivity index (χ1v) is 5.77. The van der Waals surface area contributed by atoms with E-state index in [9.17, 15) is 14.3 Å². The molecule has 0 spiro atoms. The molecule has 2 heterocycles. The molecule has 8 heteroatoms. The highest BCUT2D eigenvalue weighted by Crippen LogP contribution is 2.30. The van der Waals surface area contributed by atoms with E-state index in [4.69, 9.17) is 22.1 Å². The molecule has 0 aromatic carbocycles. The van der Waals surface area contributed by atoms with E-state index < -0.39 is 36.9 Å². The Balaban J connectivity index is 2.42. The maximum Gasteiger partial charge on any atom is 0.328 e. The lowest BCUT2D eigenvalue weighted by molar-refractivity contribution is -0.0492. The molecule has 3 N–H and O–H groups in total. The van der Waals surface area contributed by atoms with Gasteiger partial charge < -0.3 is 14.9 Å². The summed E-state index contributed by atoms with van der Waals surface area (Å²) in [5.74, 6) is 0. The van der Waals surface area contributed by atoms with Gasteiger partial charge in [-0.25, -0.2) is 9.18 Å². The highest BCUT2D eigenvalue weighted by atomic mass is 32.1. The number of alkyl halides is 1. The zero-order valence-corrected chi connectivity index (χ0v) is 10.4. The van der Waals surface area contributed by atoms with Crippen LogP contribution in [0.15, 0.2) is 11.0 Å². The molecule has 2 rings (SSSR count). The van der Waals surface area contributed by atoms with Crippen LogP contribution in [0.1, 0.15) is 11.8 Å². The topological polar surface area (TPSA) is 87.5 Å². The van der Waals surface area contributed by atoms with Crippen LogP contribution in [-0.2, 0) is 4.74 Å². The summed E-state index contributed by atoms with van der Waals surface area (Å²) in [6, 6.07) is 0. The molecule has 0 radical (unpaired) electrons. The van der Waals surface area contributed by atoms with Crippen molar-refractivity contribution in [3.05, 3.63) is 26.9 Å². The highest BCUT2D eigenvalue weighted by Gasteiger charge is 2.45. The zero-order chi connectivity index (χ0) is 13.4. The van der Waals surface area contributed by atoms with E-state index in [0.29, 0.717) is 5.56 Å². The number of aromatic amines is 1. The molecule has 1 fully saturated rings. The maximum atomic E-state index is 13.8. The molecule has 18 heavy (non-hydrogen) atoms. The molecular formula is C10H13FN2O4S. The number of hydrogen-bond acceptors (Lipinski definition) is 5. The van der Waals surface area contributed by atoms with Gasteiger partial charge in [0.05, 0.1) is 6.61 Å². The second kappa shape index (κ2) is 4.88. The maximum absolute atomic E-state index is 13.8. The monoisotopic (exact) mass is 276 g/mol. The van der Waals surface area contributed by atoms with Crippen molar-refractivity contribution < 1.29 is 19.3 Å². The molecule has 1 aromatic rings. The fourth-order valence-electron chi connectivity index (χ4n) is 1.85. The Hall–Kier alpha value is -1.09. The van der Waals surface area contributed by atoms with Gasteiger partial charge in [0.2, 0.25) is 0 Å². The van der Waals surface area contributed by atoms with Crippen molar-refractivity contribution in [3.8, 4) is 0 Å². The van der Waals surface area contributed by atoms with E-state index in [1.165, 1.54) is 6.20 Å². The highest BCUT2D eigenvalue weighted by molar-refractivity contribution is 7.71. The summed E-state index contributed by atoms with van der Waals surface area (Å²) in [4.78, 5) is 14.1. The molecule has 0 unspecified atom stereocenters. The van der Waals surface area contributed by atoms with Crippen LogP contribution in [0.3, 0.4) is 0 Å². The van der Waals surface area contributed by atoms with Crippen LogP contribution in [0.5, 0.6) is 0 Å². The number of aryl methyl sites for hydroxylation is 1. The third-order valence-electron chi connectivity index (χ3n) is 2.89. The van der Waals surface area contributed by atoms with Gasteiger partial charge in [-0.15, -0.1) is 0 Å². The number of aliphatic hydroxyl groups excluding tert-OH is 2. The quantitative estimate of drug-likeness (QED) is 0.651. The Labute approximate surface area is 107 Å². The average molecular weight is 276 g/mol. The predicted molar refractivity (Wildman–Crippen MR) is 62.5 cm³/mol. The van der Waals surface area contributed by atoms with E-state index in [-0.39, 0.29) is 4.64 Å². The van der Waals surface area contributed by atoms with Gasteiger partial charge in [-0.3, -0.25) is 9.55 Å². The molecule has 1 saturated heterocycles. The normalized spacial score (nSPS) is 31.8. The lowest BCUT2D eigenvalue weighted by Crippen LogP contribution is -2.33. The van der Waals surface area contributed by atoms with Crippen molar-refractivity contribution in [2.45, 2.75) is 31.5 Å². The van der Waals surface area contributed by atoms with Gasteiger partial charge in [0.1, 0.15) is 16.8 Å². The summed E-state index contributed by atoms with van der Waals surface area (Å²) in [6.45, 7) is 1.14. The smallest absolute Gasteiger partial charge is 0.328 e. The number of halogens is 1. The fourth-order valence-corrected chi connectivity index (χ4v) is 1.99. The molecule has 1 aliphatic heterocycles. The van der Waals surface area contributed by atoms with Gasteiger partial charge in [-0.05, 0) is 6.92 Å². The summed E-state index contributed by atoms with van der Waals surface area (Å²) in [6.07, 6.45) is -4.19. The van der Waals surface area contributed by atoms with Crippen LogP contribution in [0.4, 0.5) is 4.39 Å². The van der Waals surface area contributed by atoms with E-state index in [2.05, 4.69) is 4.98 Å². The summed E-state index contributed by atoms with van der Waals surface area (Å²) in [7, 11) is 0. The van der Waals surface area contributed by atoms with Crippen molar-refractivity contribution >= 4 is 12.2 Å². The summed E-state index contributed by atoms with van der Waals surface area (Å²) in [5.41, 5.74) is -0.0358. The van der Waals surface area contributed by atoms with E-state index in [0.717, 1.165) is 4.57 Å². The Morgan fingerprint density at radius 3 is 2.89 bits per heavy atom. The van der Waals surface area contributed by atoms with Crippen LogP contribution in [-0.4, -0.2) is 44.8 Å². The van der Waals surface area contributed by atoms with Gasteiger partial charge in [-0.2, -0.15) is 0 Å². The standard InChI is InChI=1S/C10H13FN2O4S/c1-4-2-13(10(16)12-8(4)18)9-6(11)7(15)5(3-14)17-9/h2,5-7,9,14-15H,3H2,1H3,(H,12,16,18)/t5-,6-,7-,9-/m1/s1. The van der Waals surface area contributed by atoms with E-state index in [1.54, 1.807) is 6.92 Å². The molecule has 1 aromatic heterocycles. The van der Waals surface area contributed by atoms with E-state index in [1.807, 2.05) is 0 Å². The van der Waals surface area contributed by atoms with Crippen LogP contribution in [0.25, 0.3) is 0 Å². The molecule has 0 bridgehead atoms. The van der Waals surface area contributed by atoms with Crippen molar-refractivity contribution in [1.82, 2.24) is 9.55 Å². The number of H-pyrrole nitrogens is 1. The molecule has 100 valence electrons. The van der Waals surface area contributed by atoms with Crippen LogP contribution < -0.4 is 5.69 Å². The summed E-state index contributed by atoms with van der Waals surface area (Å²) < 4.78 is 20.2. The number of ether oxygens (including phenoxy) is 1. The lowest BCUT2D eigenvalue weighted by Gasteiger charge is -2.16. The third-order valence-corrected chi connectivity index (χ3v) is 3.32. The summed E-state index contributed by atoms with van der Waals surface area (Å²) in [5, 5.41) is 18.4. The first kappa shape index (κ1) is 13.3. The minimum absolute atomic E-state index is 0.268. The second-order valence-corrected chi connectivity index (χ2v) is 4.57. The van der Waals surface area contributed by atoms with Crippen molar-refractivity contribution in [2.24, 2.45) is 0 Å². The number of aromatic nitrogens is 2. The number of nitrogens with one attached hydrogen (secondary N) is 1. The van der Waals surface area contributed by atoms with Crippen LogP contribution in [0.2, 0.25) is 0 Å². The molecule has 6 nitrogen and oxygen atoms in total. The Bertz CT molecular complexity index is 558. The fraction of sp³-hybridized carbons (Fsp3) is 0.600. The first-order valence-electron chi connectivity index (χ1n) is 5.36. The third kappa shape index (κ3) is 2.12. The molecular weight excluding hydrogens is 263 g/mol. The molecule has 0 aliphatic carbocycles. The largest absolute Gasteiger partial charge is 0.394 e. The minimum Gasteiger partial charge on any atom is -0.394 e. The predicted octanol–water partition coefficient (Wildman–Crippen LogP) is -0.197. The molecule has 0 saturated carbocycles. The number of rotatable bonds is 2.